The Labute approximate surface area is 152 Å². The molecule has 1 aromatic heterocycles. The van der Waals surface area contributed by atoms with Crippen LogP contribution in [0, 0.1) is 0 Å². The highest BCUT2D eigenvalue weighted by Crippen LogP contribution is 2.41. The lowest BCUT2D eigenvalue weighted by Crippen LogP contribution is -2.44. The number of nitrogens with one attached hydrogen (secondary N) is 1. The molecule has 4 bridgehead atoms. The number of anilines is 1. The Hall–Kier alpha value is -2.38. The Balaban J connectivity index is 1.40. The van der Waals surface area contributed by atoms with Crippen LogP contribution in [0.1, 0.15) is 23.7 Å². The molecule has 1 N–H and O–H groups in total. The van der Waals surface area contributed by atoms with E-state index in [2.05, 4.69) is 26.3 Å². The van der Waals surface area contributed by atoms with E-state index in [1.165, 1.54) is 11.1 Å². The van der Waals surface area contributed by atoms with E-state index >= 15 is 0 Å². The number of hydrogen-bond donors (Lipinski definition) is 1. The molecule has 1 aliphatic carbocycles. The SMILES string of the molecule is c1cc2c3c(c1)C(CC3)OCC(Oc1nccnc1N1CCNCC1)O2. The number of hydrogen-bond acceptors (Lipinski definition) is 7. The number of nitrogens with zero attached hydrogens (tertiary/aromatic N) is 3. The van der Waals surface area contributed by atoms with E-state index in [4.69, 9.17) is 14.2 Å². The Kier molecular flexibility index (Phi) is 4.10. The molecule has 3 heterocycles. The van der Waals surface area contributed by atoms with Gasteiger partial charge in [0.15, 0.2) is 5.82 Å². The average Bonchev–Trinajstić information content (AvgIpc) is 3.14. The fourth-order valence-electron chi connectivity index (χ4n) is 3.91. The lowest BCUT2D eigenvalue weighted by molar-refractivity contribution is -0.0857. The van der Waals surface area contributed by atoms with Crippen LogP contribution < -0.4 is 19.7 Å². The molecule has 3 aliphatic rings. The van der Waals surface area contributed by atoms with Crippen LogP contribution in [-0.4, -0.2) is 49.0 Å². The van der Waals surface area contributed by atoms with Crippen molar-refractivity contribution in [3.05, 3.63) is 41.7 Å². The van der Waals surface area contributed by atoms with Gasteiger partial charge in [0.2, 0.25) is 0 Å². The first-order valence-corrected chi connectivity index (χ1v) is 9.22. The molecule has 2 aliphatic heterocycles. The third-order valence-corrected chi connectivity index (χ3v) is 5.17. The summed E-state index contributed by atoms with van der Waals surface area (Å²) in [6, 6.07) is 6.16. The van der Waals surface area contributed by atoms with Crippen LogP contribution >= 0.6 is 0 Å². The summed E-state index contributed by atoms with van der Waals surface area (Å²) in [5.74, 6) is 2.16. The van der Waals surface area contributed by atoms with Gasteiger partial charge in [0.1, 0.15) is 12.4 Å². The van der Waals surface area contributed by atoms with Gasteiger partial charge in [-0.2, -0.15) is 0 Å². The van der Waals surface area contributed by atoms with Crippen molar-refractivity contribution in [1.82, 2.24) is 15.3 Å². The first-order valence-electron chi connectivity index (χ1n) is 9.22. The molecule has 26 heavy (non-hydrogen) atoms. The van der Waals surface area contributed by atoms with Gasteiger partial charge in [-0.05, 0) is 24.5 Å². The molecule has 0 radical (unpaired) electrons. The number of benzene rings is 1. The molecule has 5 rings (SSSR count). The third kappa shape index (κ3) is 2.87. The van der Waals surface area contributed by atoms with E-state index in [0.29, 0.717) is 12.5 Å². The molecule has 7 heteroatoms. The van der Waals surface area contributed by atoms with Crippen molar-refractivity contribution in [3.63, 3.8) is 0 Å². The Morgan fingerprint density at radius 3 is 2.96 bits per heavy atom. The van der Waals surface area contributed by atoms with Crippen molar-refractivity contribution in [2.24, 2.45) is 0 Å². The molecule has 1 aromatic carbocycles. The van der Waals surface area contributed by atoms with Crippen LogP contribution in [0.15, 0.2) is 30.6 Å². The van der Waals surface area contributed by atoms with Crippen LogP contribution in [-0.2, 0) is 11.2 Å². The van der Waals surface area contributed by atoms with Gasteiger partial charge in [-0.25, -0.2) is 9.97 Å². The Bertz CT molecular complexity index is 794. The zero-order chi connectivity index (χ0) is 17.3. The summed E-state index contributed by atoms with van der Waals surface area (Å²) in [6.07, 6.45) is 4.93. The van der Waals surface area contributed by atoms with Gasteiger partial charge in [0.05, 0.1) is 6.10 Å². The quantitative estimate of drug-likeness (QED) is 0.899. The number of aromatic nitrogens is 2. The maximum Gasteiger partial charge on any atom is 0.266 e. The maximum atomic E-state index is 6.14. The number of ether oxygens (including phenoxy) is 3. The van der Waals surface area contributed by atoms with Gasteiger partial charge in [-0.3, -0.25) is 0 Å². The first kappa shape index (κ1) is 15.8. The zero-order valence-corrected chi connectivity index (χ0v) is 14.6. The van der Waals surface area contributed by atoms with Gasteiger partial charge < -0.3 is 24.4 Å². The monoisotopic (exact) mass is 354 g/mol. The summed E-state index contributed by atoms with van der Waals surface area (Å²) < 4.78 is 18.3. The van der Waals surface area contributed by atoms with Gasteiger partial charge in [-0.15, -0.1) is 0 Å². The van der Waals surface area contributed by atoms with Crippen LogP contribution in [0.2, 0.25) is 0 Å². The lowest BCUT2D eigenvalue weighted by atomic mass is 10.1. The second kappa shape index (κ2) is 6.74. The van der Waals surface area contributed by atoms with Crippen LogP contribution in [0.3, 0.4) is 0 Å². The van der Waals surface area contributed by atoms with Crippen LogP contribution in [0.25, 0.3) is 0 Å². The number of rotatable bonds is 3. The van der Waals surface area contributed by atoms with Crippen molar-refractivity contribution in [2.75, 3.05) is 37.7 Å². The smallest absolute Gasteiger partial charge is 0.266 e. The minimum Gasteiger partial charge on any atom is -0.452 e. The molecular formula is C19H22N4O3. The molecule has 7 nitrogen and oxygen atoms in total. The molecule has 136 valence electrons. The van der Waals surface area contributed by atoms with Crippen molar-refractivity contribution in [2.45, 2.75) is 25.2 Å². The summed E-state index contributed by atoms with van der Waals surface area (Å²) in [5, 5.41) is 3.35. The minimum absolute atomic E-state index is 0.134. The van der Waals surface area contributed by atoms with Crippen molar-refractivity contribution >= 4 is 5.82 Å². The summed E-state index contributed by atoms with van der Waals surface area (Å²) in [6.45, 7) is 3.98. The zero-order valence-electron chi connectivity index (χ0n) is 14.6. The summed E-state index contributed by atoms with van der Waals surface area (Å²) >= 11 is 0. The van der Waals surface area contributed by atoms with Gasteiger partial charge >= 0.3 is 0 Å². The van der Waals surface area contributed by atoms with Gasteiger partial charge in [0.25, 0.3) is 12.2 Å². The van der Waals surface area contributed by atoms with E-state index in [-0.39, 0.29) is 6.10 Å². The second-order valence-electron chi connectivity index (χ2n) is 6.77. The molecule has 2 atom stereocenters. The van der Waals surface area contributed by atoms with Crippen LogP contribution in [0.4, 0.5) is 5.82 Å². The highest BCUT2D eigenvalue weighted by atomic mass is 16.7. The standard InChI is InChI=1S/C19H22N4O3/c1-2-13-14-4-5-15(13)24-12-17(25-16(14)3-1)26-19-18(21-6-7-22-19)23-10-8-20-9-11-23/h1-3,6-7,15,17,20H,4-5,8-12H2. The fourth-order valence-corrected chi connectivity index (χ4v) is 3.91. The highest BCUT2D eigenvalue weighted by molar-refractivity contribution is 5.48. The van der Waals surface area contributed by atoms with Crippen molar-refractivity contribution < 1.29 is 14.2 Å². The molecule has 2 unspecified atom stereocenters. The normalized spacial score (nSPS) is 24.5. The fraction of sp³-hybridized carbons (Fsp3) is 0.474. The van der Waals surface area contributed by atoms with E-state index in [9.17, 15) is 0 Å². The molecule has 2 aromatic rings. The molecule has 1 fully saturated rings. The summed E-state index contributed by atoms with van der Waals surface area (Å²) in [7, 11) is 0. The number of piperazine rings is 1. The topological polar surface area (TPSA) is 68.7 Å². The highest BCUT2D eigenvalue weighted by Gasteiger charge is 2.31. The van der Waals surface area contributed by atoms with Crippen molar-refractivity contribution in [1.29, 1.82) is 0 Å². The van der Waals surface area contributed by atoms with E-state index < -0.39 is 6.29 Å². The molecule has 0 saturated carbocycles. The molecule has 0 amide bonds. The first-order chi connectivity index (χ1) is 12.9. The van der Waals surface area contributed by atoms with Gasteiger partial charge in [-0.1, -0.05) is 12.1 Å². The van der Waals surface area contributed by atoms with Crippen molar-refractivity contribution in [3.8, 4) is 11.6 Å². The van der Waals surface area contributed by atoms with E-state index in [1.807, 2.05) is 12.1 Å². The predicted octanol–water partition coefficient (Wildman–Crippen LogP) is 1.69. The van der Waals surface area contributed by atoms with Crippen LogP contribution in [0.5, 0.6) is 11.6 Å². The lowest BCUT2D eigenvalue weighted by Gasteiger charge is -2.30. The third-order valence-electron chi connectivity index (χ3n) is 5.17. The average molecular weight is 354 g/mol. The Morgan fingerprint density at radius 2 is 2.04 bits per heavy atom. The Morgan fingerprint density at radius 1 is 1.15 bits per heavy atom. The molecule has 0 spiro atoms. The second-order valence-corrected chi connectivity index (χ2v) is 6.77. The molecule has 1 saturated heterocycles. The summed E-state index contributed by atoms with van der Waals surface area (Å²) in [4.78, 5) is 11.1. The largest absolute Gasteiger partial charge is 0.452 e. The summed E-state index contributed by atoms with van der Waals surface area (Å²) in [5.41, 5.74) is 2.49. The molecular weight excluding hydrogens is 332 g/mol. The van der Waals surface area contributed by atoms with E-state index in [1.54, 1.807) is 12.4 Å². The minimum atomic E-state index is -0.539. The van der Waals surface area contributed by atoms with Gasteiger partial charge in [0, 0.05) is 44.1 Å². The maximum absolute atomic E-state index is 6.14. The van der Waals surface area contributed by atoms with E-state index in [0.717, 1.165) is 50.6 Å². The predicted molar refractivity (Wildman–Crippen MR) is 95.6 cm³/mol.